The molecule has 1 aliphatic heterocycles. The van der Waals surface area contributed by atoms with Gasteiger partial charge in [-0.05, 0) is 31.6 Å². The summed E-state index contributed by atoms with van der Waals surface area (Å²) in [6.07, 6.45) is 5.13. The summed E-state index contributed by atoms with van der Waals surface area (Å²) in [5, 5.41) is 2.52. The lowest BCUT2D eigenvalue weighted by Crippen LogP contribution is -2.38. The smallest absolute Gasteiger partial charge is 0.275 e. The number of carbonyl (C=O) groups is 3. The Morgan fingerprint density at radius 1 is 1.32 bits per heavy atom. The largest absolute Gasteiger partial charge is 0.292 e. The molecule has 0 bridgehead atoms. The highest BCUT2D eigenvalue weighted by molar-refractivity contribution is 6.12. The third-order valence-electron chi connectivity index (χ3n) is 4.15. The van der Waals surface area contributed by atoms with Crippen molar-refractivity contribution in [3.05, 3.63) is 17.1 Å². The van der Waals surface area contributed by atoms with Gasteiger partial charge in [0, 0.05) is 23.9 Å². The fraction of sp³-hybridized carbons (Fsp3) is 0.615. The van der Waals surface area contributed by atoms with E-state index in [1.807, 2.05) is 0 Å². The zero-order valence-electron chi connectivity index (χ0n) is 10.8. The van der Waals surface area contributed by atoms with E-state index >= 15 is 0 Å². The molecule has 1 saturated carbocycles. The number of hydrogen-bond acceptors (Lipinski definition) is 4. The third kappa shape index (κ3) is 2.62. The van der Waals surface area contributed by atoms with Gasteiger partial charge in [0.25, 0.3) is 17.7 Å². The van der Waals surface area contributed by atoms with Gasteiger partial charge in [-0.3, -0.25) is 19.3 Å². The number of amides is 3. The predicted molar refractivity (Wildman–Crippen MR) is 66.7 cm³/mol. The van der Waals surface area contributed by atoms with Crippen LogP contribution >= 0.6 is 0 Å². The van der Waals surface area contributed by atoms with Crippen LogP contribution in [-0.2, 0) is 14.4 Å². The number of nitrogens with zero attached hydrogens (tertiary/aromatic N) is 2. The molecule has 0 unspecified atom stereocenters. The Morgan fingerprint density at radius 2 is 1.84 bits per heavy atom. The molecule has 0 spiro atoms. The van der Waals surface area contributed by atoms with Crippen molar-refractivity contribution >= 4 is 17.7 Å². The Bertz CT molecular complexity index is 443. The first kappa shape index (κ1) is 13.6. The van der Waals surface area contributed by atoms with Crippen molar-refractivity contribution in [1.29, 1.82) is 0 Å². The van der Waals surface area contributed by atoms with Crippen molar-refractivity contribution in [3.63, 3.8) is 0 Å². The van der Waals surface area contributed by atoms with Crippen molar-refractivity contribution in [2.75, 3.05) is 6.54 Å². The highest BCUT2D eigenvalue weighted by Crippen LogP contribution is 2.40. The van der Waals surface area contributed by atoms with Crippen molar-refractivity contribution in [3.8, 4) is 0 Å². The minimum Gasteiger partial charge on any atom is -0.275 e. The molecule has 0 atom stereocenters. The van der Waals surface area contributed by atoms with Gasteiger partial charge in [0.05, 0.1) is 5.41 Å². The SMILES string of the molecule is CC1(C(=O)N=O)CCC(CN2C(=O)C=CC2=O)CC1. The van der Waals surface area contributed by atoms with Gasteiger partial charge in [-0.15, -0.1) is 4.91 Å². The lowest BCUT2D eigenvalue weighted by Gasteiger charge is -2.35. The first-order valence-corrected chi connectivity index (χ1v) is 6.37. The molecule has 2 rings (SSSR count). The molecular formula is C13H16N2O4. The van der Waals surface area contributed by atoms with Crippen LogP contribution in [0.1, 0.15) is 32.6 Å². The summed E-state index contributed by atoms with van der Waals surface area (Å²) in [7, 11) is 0. The molecule has 0 aromatic rings. The van der Waals surface area contributed by atoms with Crippen molar-refractivity contribution in [1.82, 2.24) is 4.90 Å². The van der Waals surface area contributed by atoms with Crippen LogP contribution in [0.15, 0.2) is 17.3 Å². The molecule has 2 aliphatic rings. The monoisotopic (exact) mass is 264 g/mol. The maximum absolute atomic E-state index is 11.4. The molecule has 1 fully saturated rings. The van der Waals surface area contributed by atoms with Gasteiger partial charge in [-0.25, -0.2) is 0 Å². The van der Waals surface area contributed by atoms with Crippen LogP contribution in [0.4, 0.5) is 0 Å². The second kappa shape index (κ2) is 5.03. The van der Waals surface area contributed by atoms with Crippen molar-refractivity contribution in [2.45, 2.75) is 32.6 Å². The highest BCUT2D eigenvalue weighted by Gasteiger charge is 2.39. The fourth-order valence-corrected chi connectivity index (χ4v) is 2.69. The van der Waals surface area contributed by atoms with Crippen LogP contribution in [0.5, 0.6) is 0 Å². The Balaban J connectivity index is 1.91. The third-order valence-corrected chi connectivity index (χ3v) is 4.15. The maximum Gasteiger partial charge on any atom is 0.292 e. The van der Waals surface area contributed by atoms with Crippen LogP contribution in [0.3, 0.4) is 0 Å². The fourth-order valence-electron chi connectivity index (χ4n) is 2.69. The van der Waals surface area contributed by atoms with Crippen LogP contribution in [-0.4, -0.2) is 29.2 Å². The average molecular weight is 264 g/mol. The van der Waals surface area contributed by atoms with Gasteiger partial charge in [0.2, 0.25) is 0 Å². The number of nitroso groups, excluding NO2 is 1. The molecule has 0 saturated heterocycles. The van der Waals surface area contributed by atoms with E-state index in [0.29, 0.717) is 19.4 Å². The van der Waals surface area contributed by atoms with Crippen molar-refractivity contribution < 1.29 is 14.4 Å². The van der Waals surface area contributed by atoms with E-state index in [4.69, 9.17) is 0 Å². The molecule has 6 heteroatoms. The van der Waals surface area contributed by atoms with E-state index < -0.39 is 11.3 Å². The zero-order valence-corrected chi connectivity index (χ0v) is 10.8. The van der Waals surface area contributed by atoms with Crippen LogP contribution in [0.25, 0.3) is 0 Å². The Morgan fingerprint density at radius 3 is 2.32 bits per heavy atom. The minimum absolute atomic E-state index is 0.195. The number of imide groups is 1. The van der Waals surface area contributed by atoms with E-state index in [1.165, 1.54) is 17.1 Å². The molecular weight excluding hydrogens is 248 g/mol. The summed E-state index contributed by atoms with van der Waals surface area (Å²) in [6, 6.07) is 0. The normalized spacial score (nSPS) is 30.8. The molecule has 6 nitrogen and oxygen atoms in total. The summed E-state index contributed by atoms with van der Waals surface area (Å²) < 4.78 is 0. The summed E-state index contributed by atoms with van der Waals surface area (Å²) in [5.41, 5.74) is -0.671. The van der Waals surface area contributed by atoms with Crippen LogP contribution in [0, 0.1) is 16.2 Å². The molecule has 102 valence electrons. The first-order valence-electron chi connectivity index (χ1n) is 6.37. The second-order valence-corrected chi connectivity index (χ2v) is 5.52. The summed E-state index contributed by atoms with van der Waals surface area (Å²) in [4.78, 5) is 45.9. The minimum atomic E-state index is -0.671. The Hall–Kier alpha value is -1.85. The highest BCUT2D eigenvalue weighted by atomic mass is 16.3. The van der Waals surface area contributed by atoms with Gasteiger partial charge in [0.1, 0.15) is 0 Å². The zero-order chi connectivity index (χ0) is 14.0. The Labute approximate surface area is 110 Å². The van der Waals surface area contributed by atoms with E-state index in [1.54, 1.807) is 6.92 Å². The van der Waals surface area contributed by atoms with Gasteiger partial charge in [-0.2, -0.15) is 0 Å². The molecule has 0 aromatic carbocycles. The van der Waals surface area contributed by atoms with Crippen LogP contribution < -0.4 is 0 Å². The van der Waals surface area contributed by atoms with E-state index in [0.717, 1.165) is 12.8 Å². The quantitative estimate of drug-likeness (QED) is 0.569. The lowest BCUT2D eigenvalue weighted by atomic mass is 9.71. The van der Waals surface area contributed by atoms with Crippen LogP contribution in [0.2, 0.25) is 0 Å². The standard InChI is InChI=1S/C13H16N2O4/c1-13(12(18)14-19)6-4-9(5-7-13)8-15-10(16)2-3-11(15)17/h2-3,9H,4-8H2,1H3. The van der Waals surface area contributed by atoms with Gasteiger partial charge in [0.15, 0.2) is 0 Å². The van der Waals surface area contributed by atoms with E-state index in [2.05, 4.69) is 5.18 Å². The average Bonchev–Trinajstić information content (AvgIpc) is 2.72. The summed E-state index contributed by atoms with van der Waals surface area (Å²) in [5.74, 6) is -0.950. The predicted octanol–water partition coefficient (Wildman–Crippen LogP) is 1.40. The maximum atomic E-state index is 11.4. The molecule has 0 aromatic heterocycles. The second-order valence-electron chi connectivity index (χ2n) is 5.52. The topological polar surface area (TPSA) is 83.9 Å². The van der Waals surface area contributed by atoms with Crippen molar-refractivity contribution in [2.24, 2.45) is 16.5 Å². The first-order chi connectivity index (χ1) is 8.96. The van der Waals surface area contributed by atoms with Gasteiger partial charge in [-0.1, -0.05) is 6.92 Å². The summed E-state index contributed by atoms with van der Waals surface area (Å²) >= 11 is 0. The van der Waals surface area contributed by atoms with E-state index in [-0.39, 0.29) is 17.7 Å². The molecule has 0 N–H and O–H groups in total. The number of carbonyl (C=O) groups excluding carboxylic acids is 3. The van der Waals surface area contributed by atoms with Gasteiger partial charge >= 0.3 is 0 Å². The number of rotatable bonds is 3. The van der Waals surface area contributed by atoms with Gasteiger partial charge < -0.3 is 0 Å². The number of hydrogen-bond donors (Lipinski definition) is 0. The molecule has 1 heterocycles. The molecule has 0 radical (unpaired) electrons. The molecule has 19 heavy (non-hydrogen) atoms. The van der Waals surface area contributed by atoms with E-state index in [9.17, 15) is 19.3 Å². The summed E-state index contributed by atoms with van der Waals surface area (Å²) in [6.45, 7) is 2.14. The Kier molecular flexibility index (Phi) is 3.59. The lowest BCUT2D eigenvalue weighted by molar-refractivity contribution is -0.138. The molecule has 3 amide bonds. The molecule has 1 aliphatic carbocycles.